The number of rotatable bonds is 6. The van der Waals surface area contributed by atoms with Gasteiger partial charge in [0.05, 0.1) is 44.7 Å². The molecule has 0 saturated heterocycles. The van der Waals surface area contributed by atoms with Crippen LogP contribution in [-0.4, -0.2) is 31.2 Å². The number of anilines is 2. The van der Waals surface area contributed by atoms with E-state index < -0.39 is 9.84 Å². The molecule has 0 atom stereocenters. The van der Waals surface area contributed by atoms with Crippen molar-refractivity contribution in [3.8, 4) is 16.3 Å². The van der Waals surface area contributed by atoms with E-state index in [0.717, 1.165) is 21.3 Å². The molecule has 1 aromatic carbocycles. The molecular weight excluding hydrogens is 390 g/mol. The third-order valence-electron chi connectivity index (χ3n) is 3.79. The van der Waals surface area contributed by atoms with Crippen molar-refractivity contribution >= 4 is 43.3 Å². The minimum atomic E-state index is -3.30. The lowest BCUT2D eigenvalue weighted by Crippen LogP contribution is -2.05. The molecule has 0 bridgehead atoms. The number of sulfone groups is 1. The fraction of sp³-hybridized carbons (Fsp3) is 0.294. The molecular formula is C17H19N3O3S3. The summed E-state index contributed by atoms with van der Waals surface area (Å²) in [4.78, 5) is 10.3. The van der Waals surface area contributed by atoms with E-state index in [1.165, 1.54) is 11.3 Å². The van der Waals surface area contributed by atoms with E-state index in [4.69, 9.17) is 4.74 Å². The van der Waals surface area contributed by atoms with E-state index in [-0.39, 0.29) is 10.6 Å². The molecule has 0 aliphatic rings. The van der Waals surface area contributed by atoms with Gasteiger partial charge in [-0.15, -0.1) is 22.7 Å². The van der Waals surface area contributed by atoms with Crippen molar-refractivity contribution in [2.45, 2.75) is 25.7 Å². The Bertz CT molecular complexity index is 1040. The maximum Gasteiger partial charge on any atom is 0.187 e. The first kappa shape index (κ1) is 18.8. The molecule has 1 N–H and O–H groups in total. The number of hydrogen-bond donors (Lipinski definition) is 1. The molecule has 0 unspecified atom stereocenters. The van der Waals surface area contributed by atoms with Crippen LogP contribution in [0.4, 0.5) is 10.8 Å². The molecule has 2 heterocycles. The highest BCUT2D eigenvalue weighted by molar-refractivity contribution is 7.91. The first-order valence-electron chi connectivity index (χ1n) is 7.91. The van der Waals surface area contributed by atoms with Crippen molar-refractivity contribution < 1.29 is 13.2 Å². The summed E-state index contributed by atoms with van der Waals surface area (Å²) in [6.07, 6.45) is 0. The third-order valence-corrected chi connectivity index (χ3v) is 7.38. The van der Waals surface area contributed by atoms with Gasteiger partial charge in [0.2, 0.25) is 0 Å². The van der Waals surface area contributed by atoms with Crippen molar-refractivity contribution in [1.82, 2.24) is 9.97 Å². The smallest absolute Gasteiger partial charge is 0.187 e. The molecule has 3 aromatic rings. The molecule has 0 aliphatic heterocycles. The number of benzene rings is 1. The zero-order valence-electron chi connectivity index (χ0n) is 14.9. The summed E-state index contributed by atoms with van der Waals surface area (Å²) in [6.45, 7) is 5.56. The Hall–Kier alpha value is -1.97. The number of aromatic nitrogens is 2. The fourth-order valence-corrected chi connectivity index (χ4v) is 5.04. The maximum absolute atomic E-state index is 12.1. The molecule has 6 nitrogen and oxygen atoms in total. The van der Waals surface area contributed by atoms with E-state index in [2.05, 4.69) is 15.3 Å². The van der Waals surface area contributed by atoms with Crippen LogP contribution >= 0.6 is 22.7 Å². The summed E-state index contributed by atoms with van der Waals surface area (Å²) in [5.74, 6) is 0.603. The second kappa shape index (κ2) is 7.34. The lowest BCUT2D eigenvalue weighted by atomic mass is 10.3. The van der Waals surface area contributed by atoms with Crippen LogP contribution in [0.5, 0.6) is 5.75 Å². The molecule has 0 aliphatic carbocycles. The van der Waals surface area contributed by atoms with Crippen molar-refractivity contribution in [3.05, 3.63) is 34.3 Å². The van der Waals surface area contributed by atoms with Crippen LogP contribution in [0, 0.1) is 13.8 Å². The standard InChI is InChI=1S/C17H19N3O3S3/c1-5-26(21,22)12-6-7-15(23-4)13(8-12)19-17-20-14(9-24-17)16-10(2)18-11(3)25-16/h6-9H,5H2,1-4H3,(H,19,20). The SMILES string of the molecule is CCS(=O)(=O)c1ccc(OC)c(Nc2nc(-c3sc(C)nc3C)cs2)c1. The van der Waals surface area contributed by atoms with Crippen LogP contribution in [0.15, 0.2) is 28.5 Å². The molecule has 9 heteroatoms. The minimum Gasteiger partial charge on any atom is -0.495 e. The Morgan fingerprint density at radius 3 is 2.62 bits per heavy atom. The number of nitrogens with one attached hydrogen (secondary N) is 1. The summed E-state index contributed by atoms with van der Waals surface area (Å²) >= 11 is 3.05. The van der Waals surface area contributed by atoms with Gasteiger partial charge in [0.1, 0.15) is 5.75 Å². The quantitative estimate of drug-likeness (QED) is 0.649. The lowest BCUT2D eigenvalue weighted by Gasteiger charge is -2.11. The highest BCUT2D eigenvalue weighted by Gasteiger charge is 2.16. The van der Waals surface area contributed by atoms with Crippen LogP contribution < -0.4 is 10.1 Å². The van der Waals surface area contributed by atoms with Crippen LogP contribution in [0.3, 0.4) is 0 Å². The predicted molar refractivity (Wildman–Crippen MR) is 107 cm³/mol. The fourth-order valence-electron chi connectivity index (χ4n) is 2.46. The highest BCUT2D eigenvalue weighted by Crippen LogP contribution is 2.35. The number of nitrogens with zero attached hydrogens (tertiary/aromatic N) is 2. The second-order valence-electron chi connectivity index (χ2n) is 5.58. The molecule has 2 aromatic heterocycles. The highest BCUT2D eigenvalue weighted by atomic mass is 32.2. The average molecular weight is 410 g/mol. The molecule has 0 radical (unpaired) electrons. The zero-order valence-corrected chi connectivity index (χ0v) is 17.3. The van der Waals surface area contributed by atoms with E-state index in [1.807, 2.05) is 19.2 Å². The molecule has 26 heavy (non-hydrogen) atoms. The van der Waals surface area contributed by atoms with Crippen LogP contribution in [0.2, 0.25) is 0 Å². The van der Waals surface area contributed by atoms with Gasteiger partial charge in [0.15, 0.2) is 15.0 Å². The van der Waals surface area contributed by atoms with Crippen molar-refractivity contribution in [3.63, 3.8) is 0 Å². The topological polar surface area (TPSA) is 81.2 Å². The molecule has 0 fully saturated rings. The van der Waals surface area contributed by atoms with E-state index in [1.54, 1.807) is 43.6 Å². The summed E-state index contributed by atoms with van der Waals surface area (Å²) in [5, 5.41) is 6.80. The van der Waals surface area contributed by atoms with Gasteiger partial charge < -0.3 is 10.1 Å². The molecule has 0 amide bonds. The molecule has 0 saturated carbocycles. The predicted octanol–water partition coefficient (Wildman–Crippen LogP) is 4.43. The Morgan fingerprint density at radius 2 is 2.00 bits per heavy atom. The van der Waals surface area contributed by atoms with E-state index in [9.17, 15) is 8.42 Å². The number of methoxy groups -OCH3 is 1. The third kappa shape index (κ3) is 3.74. The number of ether oxygens (including phenoxy) is 1. The summed E-state index contributed by atoms with van der Waals surface area (Å²) in [7, 11) is -1.75. The molecule has 3 rings (SSSR count). The number of thiazole rings is 2. The first-order valence-corrected chi connectivity index (χ1v) is 11.3. The van der Waals surface area contributed by atoms with E-state index >= 15 is 0 Å². The number of aryl methyl sites for hydroxylation is 2. The average Bonchev–Trinajstić information content (AvgIpc) is 3.20. The Kier molecular flexibility index (Phi) is 5.31. The van der Waals surface area contributed by atoms with Crippen molar-refractivity contribution in [2.75, 3.05) is 18.2 Å². The Labute approximate surface area is 160 Å². The van der Waals surface area contributed by atoms with Crippen LogP contribution in [0.25, 0.3) is 10.6 Å². The minimum absolute atomic E-state index is 0.0458. The second-order valence-corrected chi connectivity index (χ2v) is 9.92. The zero-order chi connectivity index (χ0) is 18.9. The Morgan fingerprint density at radius 1 is 1.23 bits per heavy atom. The van der Waals surface area contributed by atoms with Gasteiger partial charge in [-0.3, -0.25) is 0 Å². The van der Waals surface area contributed by atoms with Crippen LogP contribution in [0.1, 0.15) is 17.6 Å². The monoisotopic (exact) mass is 409 g/mol. The summed E-state index contributed by atoms with van der Waals surface area (Å²) < 4.78 is 29.6. The summed E-state index contributed by atoms with van der Waals surface area (Å²) in [6, 6.07) is 4.79. The van der Waals surface area contributed by atoms with Crippen molar-refractivity contribution in [1.29, 1.82) is 0 Å². The summed E-state index contributed by atoms with van der Waals surface area (Å²) in [5.41, 5.74) is 2.38. The van der Waals surface area contributed by atoms with Gasteiger partial charge in [-0.25, -0.2) is 18.4 Å². The molecule has 138 valence electrons. The van der Waals surface area contributed by atoms with Gasteiger partial charge in [-0.1, -0.05) is 6.92 Å². The maximum atomic E-state index is 12.1. The van der Waals surface area contributed by atoms with Gasteiger partial charge in [-0.2, -0.15) is 0 Å². The number of hydrogen-bond acceptors (Lipinski definition) is 8. The normalized spacial score (nSPS) is 11.5. The van der Waals surface area contributed by atoms with Gasteiger partial charge in [-0.05, 0) is 32.0 Å². The molecule has 0 spiro atoms. The lowest BCUT2D eigenvalue weighted by molar-refractivity contribution is 0.416. The van der Waals surface area contributed by atoms with Crippen molar-refractivity contribution in [2.24, 2.45) is 0 Å². The van der Waals surface area contributed by atoms with Gasteiger partial charge >= 0.3 is 0 Å². The van der Waals surface area contributed by atoms with Crippen LogP contribution in [-0.2, 0) is 9.84 Å². The van der Waals surface area contributed by atoms with E-state index in [0.29, 0.717) is 16.6 Å². The van der Waals surface area contributed by atoms with Gasteiger partial charge in [0.25, 0.3) is 0 Å². The van der Waals surface area contributed by atoms with Gasteiger partial charge in [0, 0.05) is 5.38 Å². The first-order chi connectivity index (χ1) is 12.3. The Balaban J connectivity index is 1.94. The largest absolute Gasteiger partial charge is 0.495 e.